The summed E-state index contributed by atoms with van der Waals surface area (Å²) in [5, 5.41) is 2.60. The monoisotopic (exact) mass is 409 g/mol. The molecule has 4 nitrogen and oxygen atoms in total. The highest BCUT2D eigenvalue weighted by Crippen LogP contribution is 2.20. The minimum atomic E-state index is -0.469. The average Bonchev–Trinajstić information content (AvgIpc) is 2.59. The highest BCUT2D eigenvalue weighted by molar-refractivity contribution is 9.10. The minimum Gasteiger partial charge on any atom is -0.369 e. The largest absolute Gasteiger partial charge is 0.369 e. The number of piperazine rings is 1. The zero-order valence-corrected chi connectivity index (χ0v) is 15.1. The predicted octanol–water partition coefficient (Wildman–Crippen LogP) is 3.49. The number of halogens is 3. The minimum absolute atomic E-state index is 0.179. The van der Waals surface area contributed by atoms with E-state index in [1.807, 2.05) is 4.90 Å². The zero-order valence-electron chi connectivity index (χ0n) is 13.5. The second-order valence-electron chi connectivity index (χ2n) is 5.91. The van der Waals surface area contributed by atoms with E-state index in [-0.39, 0.29) is 24.0 Å². The fourth-order valence-corrected chi connectivity index (χ4v) is 3.13. The first-order chi connectivity index (χ1) is 12.0. The smallest absolute Gasteiger partial charge is 0.238 e. The summed E-state index contributed by atoms with van der Waals surface area (Å²) in [6.45, 7) is 3.16. The molecule has 1 amide bonds. The van der Waals surface area contributed by atoms with Gasteiger partial charge in [-0.3, -0.25) is 9.69 Å². The van der Waals surface area contributed by atoms with E-state index < -0.39 is 5.82 Å². The van der Waals surface area contributed by atoms with Crippen LogP contribution in [0.5, 0.6) is 0 Å². The van der Waals surface area contributed by atoms with Crippen LogP contribution >= 0.6 is 15.9 Å². The van der Waals surface area contributed by atoms with Crippen molar-refractivity contribution in [3.8, 4) is 0 Å². The molecule has 0 radical (unpaired) electrons. The van der Waals surface area contributed by atoms with Crippen LogP contribution in [0.25, 0.3) is 0 Å². The van der Waals surface area contributed by atoms with Gasteiger partial charge in [-0.05, 0) is 42.5 Å². The van der Waals surface area contributed by atoms with E-state index in [9.17, 15) is 13.6 Å². The summed E-state index contributed by atoms with van der Waals surface area (Å²) in [7, 11) is 0. The van der Waals surface area contributed by atoms with Crippen LogP contribution in [0.15, 0.2) is 46.9 Å². The van der Waals surface area contributed by atoms with Crippen LogP contribution in [0.1, 0.15) is 0 Å². The number of hydrogen-bond acceptors (Lipinski definition) is 3. The van der Waals surface area contributed by atoms with Crippen LogP contribution in [0.3, 0.4) is 0 Å². The van der Waals surface area contributed by atoms with Crippen molar-refractivity contribution in [1.82, 2.24) is 4.90 Å². The molecule has 0 unspecified atom stereocenters. The van der Waals surface area contributed by atoms with Gasteiger partial charge in [-0.25, -0.2) is 8.78 Å². The lowest BCUT2D eigenvalue weighted by atomic mass is 10.2. The number of hydrogen-bond donors (Lipinski definition) is 1. The topological polar surface area (TPSA) is 35.6 Å². The van der Waals surface area contributed by atoms with Crippen LogP contribution < -0.4 is 10.2 Å². The standard InChI is InChI=1S/C18H18BrF2N3O/c19-13-1-6-17(16(21)11-13)22-18(25)12-23-7-9-24(10-8-23)15-4-2-14(20)3-5-15/h1-6,11H,7-10,12H2,(H,22,25). The summed E-state index contributed by atoms with van der Waals surface area (Å²) < 4.78 is 27.4. The molecule has 25 heavy (non-hydrogen) atoms. The van der Waals surface area contributed by atoms with Gasteiger partial charge < -0.3 is 10.2 Å². The van der Waals surface area contributed by atoms with Gasteiger partial charge in [-0.2, -0.15) is 0 Å². The predicted molar refractivity (Wildman–Crippen MR) is 97.8 cm³/mol. The van der Waals surface area contributed by atoms with E-state index in [2.05, 4.69) is 26.1 Å². The molecule has 2 aromatic rings. The highest BCUT2D eigenvalue weighted by atomic mass is 79.9. The molecule has 0 atom stereocenters. The Hall–Kier alpha value is -1.99. The summed E-state index contributed by atoms with van der Waals surface area (Å²) in [6.07, 6.45) is 0. The number of carbonyl (C=O) groups is 1. The molecular formula is C18H18BrF2N3O. The van der Waals surface area contributed by atoms with E-state index in [1.165, 1.54) is 24.3 Å². The number of nitrogens with one attached hydrogen (secondary N) is 1. The Morgan fingerprint density at radius 1 is 1.04 bits per heavy atom. The third kappa shape index (κ3) is 4.76. The zero-order chi connectivity index (χ0) is 17.8. The van der Waals surface area contributed by atoms with Gasteiger partial charge in [-0.15, -0.1) is 0 Å². The fourth-order valence-electron chi connectivity index (χ4n) is 2.80. The van der Waals surface area contributed by atoms with E-state index in [1.54, 1.807) is 18.2 Å². The maximum absolute atomic E-state index is 13.8. The van der Waals surface area contributed by atoms with E-state index in [0.29, 0.717) is 17.6 Å². The fraction of sp³-hybridized carbons (Fsp3) is 0.278. The highest BCUT2D eigenvalue weighted by Gasteiger charge is 2.19. The Balaban J connectivity index is 1.50. The van der Waals surface area contributed by atoms with Crippen molar-refractivity contribution < 1.29 is 13.6 Å². The van der Waals surface area contributed by atoms with Crippen LogP contribution in [0, 0.1) is 11.6 Å². The lowest BCUT2D eigenvalue weighted by Crippen LogP contribution is -2.48. The molecule has 7 heteroatoms. The van der Waals surface area contributed by atoms with Crippen molar-refractivity contribution in [2.24, 2.45) is 0 Å². The normalized spacial score (nSPS) is 15.2. The van der Waals surface area contributed by atoms with Crippen molar-refractivity contribution in [1.29, 1.82) is 0 Å². The first-order valence-electron chi connectivity index (χ1n) is 7.99. The molecule has 1 aliphatic heterocycles. The Kier molecular flexibility index (Phi) is 5.65. The maximum Gasteiger partial charge on any atom is 0.238 e. The van der Waals surface area contributed by atoms with E-state index in [0.717, 1.165) is 18.8 Å². The van der Waals surface area contributed by atoms with Crippen molar-refractivity contribution in [2.75, 3.05) is 42.9 Å². The maximum atomic E-state index is 13.8. The second kappa shape index (κ2) is 7.93. The van der Waals surface area contributed by atoms with Gasteiger partial charge in [0.25, 0.3) is 0 Å². The van der Waals surface area contributed by atoms with Gasteiger partial charge in [-0.1, -0.05) is 15.9 Å². The van der Waals surface area contributed by atoms with Crippen molar-refractivity contribution in [3.63, 3.8) is 0 Å². The molecule has 1 heterocycles. The van der Waals surface area contributed by atoms with Gasteiger partial charge in [0.1, 0.15) is 11.6 Å². The Morgan fingerprint density at radius 3 is 2.36 bits per heavy atom. The molecule has 1 aliphatic rings. The average molecular weight is 410 g/mol. The van der Waals surface area contributed by atoms with E-state index >= 15 is 0 Å². The van der Waals surface area contributed by atoms with Crippen molar-refractivity contribution >= 4 is 33.2 Å². The van der Waals surface area contributed by atoms with E-state index in [4.69, 9.17) is 0 Å². The number of benzene rings is 2. The molecule has 0 spiro atoms. The van der Waals surface area contributed by atoms with Gasteiger partial charge >= 0.3 is 0 Å². The summed E-state index contributed by atoms with van der Waals surface area (Å²) in [5.41, 5.74) is 1.15. The summed E-state index contributed by atoms with van der Waals surface area (Å²) in [6, 6.07) is 10.9. The van der Waals surface area contributed by atoms with Gasteiger partial charge in [0.15, 0.2) is 0 Å². The molecule has 0 bridgehead atoms. The molecule has 0 aromatic heterocycles. The number of nitrogens with zero attached hydrogens (tertiary/aromatic N) is 2. The van der Waals surface area contributed by atoms with Crippen LogP contribution in [-0.4, -0.2) is 43.5 Å². The molecule has 0 aliphatic carbocycles. The van der Waals surface area contributed by atoms with Crippen LogP contribution in [0.4, 0.5) is 20.2 Å². The van der Waals surface area contributed by atoms with Gasteiger partial charge in [0, 0.05) is 36.3 Å². The lowest BCUT2D eigenvalue weighted by molar-refractivity contribution is -0.117. The molecule has 3 rings (SSSR count). The number of anilines is 2. The molecular weight excluding hydrogens is 392 g/mol. The molecule has 0 saturated carbocycles. The Labute approximate surface area is 153 Å². The van der Waals surface area contributed by atoms with Crippen LogP contribution in [0.2, 0.25) is 0 Å². The second-order valence-corrected chi connectivity index (χ2v) is 6.83. The van der Waals surface area contributed by atoms with Crippen molar-refractivity contribution in [3.05, 3.63) is 58.6 Å². The Bertz CT molecular complexity index is 746. The summed E-state index contributed by atoms with van der Waals surface area (Å²) in [4.78, 5) is 16.3. The third-order valence-corrected chi connectivity index (χ3v) is 4.63. The van der Waals surface area contributed by atoms with Gasteiger partial charge in [0.05, 0.1) is 12.2 Å². The number of carbonyl (C=O) groups excluding carboxylic acids is 1. The molecule has 1 fully saturated rings. The molecule has 1 saturated heterocycles. The lowest BCUT2D eigenvalue weighted by Gasteiger charge is -2.35. The third-order valence-electron chi connectivity index (χ3n) is 4.14. The SMILES string of the molecule is O=C(CN1CCN(c2ccc(F)cc2)CC1)Nc1ccc(Br)cc1F. The molecule has 132 valence electrons. The first kappa shape index (κ1) is 17.8. The molecule has 2 aromatic carbocycles. The number of amides is 1. The Morgan fingerprint density at radius 2 is 1.72 bits per heavy atom. The molecule has 1 N–H and O–H groups in total. The van der Waals surface area contributed by atoms with Crippen LogP contribution in [-0.2, 0) is 4.79 Å². The number of rotatable bonds is 4. The first-order valence-corrected chi connectivity index (χ1v) is 8.78. The quantitative estimate of drug-likeness (QED) is 0.839. The summed E-state index contributed by atoms with van der Waals surface area (Å²) >= 11 is 3.18. The van der Waals surface area contributed by atoms with Gasteiger partial charge in [0.2, 0.25) is 5.91 Å². The van der Waals surface area contributed by atoms with Crippen molar-refractivity contribution in [2.45, 2.75) is 0 Å². The summed E-state index contributed by atoms with van der Waals surface area (Å²) in [5.74, 6) is -0.959.